The fourth-order valence-corrected chi connectivity index (χ4v) is 2.44. The first-order chi connectivity index (χ1) is 9.72. The third kappa shape index (κ3) is 3.73. The van der Waals surface area contributed by atoms with Gasteiger partial charge in [-0.1, -0.05) is 18.2 Å². The highest BCUT2D eigenvalue weighted by molar-refractivity contribution is 5.97. The second-order valence-corrected chi connectivity index (χ2v) is 5.28. The average Bonchev–Trinajstić information content (AvgIpc) is 2.86. The van der Waals surface area contributed by atoms with Gasteiger partial charge in [-0.2, -0.15) is 0 Å². The average molecular weight is 275 g/mol. The monoisotopic (exact) mass is 275 g/mol. The summed E-state index contributed by atoms with van der Waals surface area (Å²) in [5, 5.41) is 3.42. The van der Waals surface area contributed by atoms with E-state index in [1.807, 2.05) is 7.05 Å². The van der Waals surface area contributed by atoms with Crippen LogP contribution < -0.4 is 10.2 Å². The molecule has 0 aliphatic carbocycles. The number of hydrogen-bond donors (Lipinski definition) is 1. The smallest absolute Gasteiger partial charge is 0.198 e. The van der Waals surface area contributed by atoms with E-state index in [0.717, 1.165) is 38.5 Å². The molecule has 4 heteroatoms. The molecule has 0 radical (unpaired) electrons. The molecule has 0 atom stereocenters. The molecule has 110 valence electrons. The van der Waals surface area contributed by atoms with E-state index in [4.69, 9.17) is 4.74 Å². The SMILES string of the molecule is CN=C(NCCCOC(C)C)N1CCc2ccccc21. The van der Waals surface area contributed by atoms with E-state index in [1.54, 1.807) is 0 Å². The maximum atomic E-state index is 5.55. The van der Waals surface area contributed by atoms with Crippen molar-refractivity contribution in [2.45, 2.75) is 32.8 Å². The number of ether oxygens (including phenoxy) is 1. The largest absolute Gasteiger partial charge is 0.379 e. The van der Waals surface area contributed by atoms with Crippen molar-refractivity contribution >= 4 is 11.6 Å². The van der Waals surface area contributed by atoms with Gasteiger partial charge in [0, 0.05) is 32.4 Å². The fourth-order valence-electron chi connectivity index (χ4n) is 2.44. The lowest BCUT2D eigenvalue weighted by Crippen LogP contribution is -2.41. The summed E-state index contributed by atoms with van der Waals surface area (Å²) in [6.07, 6.45) is 2.39. The molecule has 1 aliphatic rings. The van der Waals surface area contributed by atoms with Gasteiger partial charge in [-0.05, 0) is 38.3 Å². The Morgan fingerprint density at radius 1 is 1.40 bits per heavy atom. The number of benzene rings is 1. The van der Waals surface area contributed by atoms with Crippen LogP contribution in [-0.4, -0.2) is 38.8 Å². The number of guanidine groups is 1. The van der Waals surface area contributed by atoms with Gasteiger partial charge in [0.25, 0.3) is 0 Å². The van der Waals surface area contributed by atoms with Crippen LogP contribution in [0.2, 0.25) is 0 Å². The Morgan fingerprint density at radius 3 is 2.95 bits per heavy atom. The molecule has 1 aromatic rings. The second kappa shape index (κ2) is 7.29. The summed E-state index contributed by atoms with van der Waals surface area (Å²) in [6.45, 7) is 6.80. The molecule has 1 heterocycles. The Bertz CT molecular complexity index is 457. The summed E-state index contributed by atoms with van der Waals surface area (Å²) >= 11 is 0. The predicted molar refractivity (Wildman–Crippen MR) is 84.6 cm³/mol. The number of rotatable bonds is 5. The normalized spacial score (nSPS) is 14.8. The number of hydrogen-bond acceptors (Lipinski definition) is 2. The number of fused-ring (bicyclic) bond motifs is 1. The summed E-state index contributed by atoms with van der Waals surface area (Å²) in [6, 6.07) is 8.54. The summed E-state index contributed by atoms with van der Waals surface area (Å²) in [7, 11) is 1.84. The first-order valence-corrected chi connectivity index (χ1v) is 7.40. The Hall–Kier alpha value is -1.55. The van der Waals surface area contributed by atoms with Gasteiger partial charge < -0.3 is 15.0 Å². The highest BCUT2D eigenvalue weighted by Crippen LogP contribution is 2.27. The molecule has 0 amide bonds. The zero-order valence-electron chi connectivity index (χ0n) is 12.7. The van der Waals surface area contributed by atoms with Crippen molar-refractivity contribution in [3.8, 4) is 0 Å². The molecular formula is C16H25N3O. The Kier molecular flexibility index (Phi) is 5.41. The second-order valence-electron chi connectivity index (χ2n) is 5.28. The highest BCUT2D eigenvalue weighted by atomic mass is 16.5. The van der Waals surface area contributed by atoms with E-state index in [1.165, 1.54) is 11.3 Å². The van der Waals surface area contributed by atoms with Gasteiger partial charge in [-0.25, -0.2) is 0 Å². The maximum Gasteiger partial charge on any atom is 0.198 e. The number of para-hydroxylation sites is 1. The van der Waals surface area contributed by atoms with E-state index >= 15 is 0 Å². The standard InChI is InChI=1S/C16H25N3O/c1-13(2)20-12-6-10-18-16(17-3)19-11-9-14-7-4-5-8-15(14)19/h4-5,7-8,13H,6,9-12H2,1-3H3,(H,17,18). The minimum atomic E-state index is 0.305. The van der Waals surface area contributed by atoms with Crippen LogP contribution in [0.3, 0.4) is 0 Å². The van der Waals surface area contributed by atoms with Gasteiger partial charge >= 0.3 is 0 Å². The van der Waals surface area contributed by atoms with E-state index in [0.29, 0.717) is 6.10 Å². The van der Waals surface area contributed by atoms with Gasteiger partial charge in [0.1, 0.15) is 0 Å². The van der Waals surface area contributed by atoms with Gasteiger partial charge in [0.15, 0.2) is 5.96 Å². The maximum absolute atomic E-state index is 5.55. The predicted octanol–water partition coefficient (Wildman–Crippen LogP) is 2.44. The molecule has 0 saturated heterocycles. The van der Waals surface area contributed by atoms with Crippen LogP contribution in [0.1, 0.15) is 25.8 Å². The highest BCUT2D eigenvalue weighted by Gasteiger charge is 2.21. The van der Waals surface area contributed by atoms with Crippen LogP contribution in [0.5, 0.6) is 0 Å². The molecule has 4 nitrogen and oxygen atoms in total. The molecule has 20 heavy (non-hydrogen) atoms. The summed E-state index contributed by atoms with van der Waals surface area (Å²) < 4.78 is 5.55. The van der Waals surface area contributed by atoms with Crippen LogP contribution in [0.25, 0.3) is 0 Å². The van der Waals surface area contributed by atoms with Gasteiger partial charge in [0.05, 0.1) is 6.10 Å². The van der Waals surface area contributed by atoms with E-state index in [9.17, 15) is 0 Å². The molecule has 0 fully saturated rings. The molecule has 0 aromatic heterocycles. The van der Waals surface area contributed by atoms with Crippen molar-refractivity contribution in [1.82, 2.24) is 5.32 Å². The Labute approximate surface area is 121 Å². The third-order valence-corrected chi connectivity index (χ3v) is 3.41. The fraction of sp³-hybridized carbons (Fsp3) is 0.562. The minimum absolute atomic E-state index is 0.305. The lowest BCUT2D eigenvalue weighted by atomic mass is 10.2. The van der Waals surface area contributed by atoms with E-state index in [2.05, 4.69) is 53.3 Å². The lowest BCUT2D eigenvalue weighted by molar-refractivity contribution is 0.0777. The zero-order valence-corrected chi connectivity index (χ0v) is 12.7. The zero-order chi connectivity index (χ0) is 14.4. The first-order valence-electron chi connectivity index (χ1n) is 7.40. The molecule has 1 aromatic carbocycles. The van der Waals surface area contributed by atoms with Crippen molar-refractivity contribution in [3.63, 3.8) is 0 Å². The number of nitrogens with zero attached hydrogens (tertiary/aromatic N) is 2. The van der Waals surface area contributed by atoms with E-state index < -0.39 is 0 Å². The minimum Gasteiger partial charge on any atom is -0.379 e. The molecule has 1 aliphatic heterocycles. The topological polar surface area (TPSA) is 36.9 Å². The van der Waals surface area contributed by atoms with Gasteiger partial charge in [-0.3, -0.25) is 4.99 Å². The molecule has 0 bridgehead atoms. The van der Waals surface area contributed by atoms with Crippen LogP contribution in [0.4, 0.5) is 5.69 Å². The molecule has 0 saturated carbocycles. The van der Waals surface area contributed by atoms with Crippen LogP contribution >= 0.6 is 0 Å². The Balaban J connectivity index is 1.85. The molecule has 2 rings (SSSR count). The number of nitrogens with one attached hydrogen (secondary N) is 1. The summed E-state index contributed by atoms with van der Waals surface area (Å²) in [5.74, 6) is 0.958. The van der Waals surface area contributed by atoms with Crippen LogP contribution in [-0.2, 0) is 11.2 Å². The van der Waals surface area contributed by atoms with Crippen molar-refractivity contribution in [2.24, 2.45) is 4.99 Å². The first kappa shape index (κ1) is 14.9. The van der Waals surface area contributed by atoms with Crippen LogP contribution in [0.15, 0.2) is 29.3 Å². The van der Waals surface area contributed by atoms with Crippen molar-refractivity contribution in [1.29, 1.82) is 0 Å². The number of anilines is 1. The number of aliphatic imine (C=N–C) groups is 1. The van der Waals surface area contributed by atoms with Gasteiger partial charge in [-0.15, -0.1) is 0 Å². The van der Waals surface area contributed by atoms with Crippen molar-refractivity contribution in [2.75, 3.05) is 31.6 Å². The summed E-state index contributed by atoms with van der Waals surface area (Å²) in [4.78, 5) is 6.65. The Morgan fingerprint density at radius 2 is 2.20 bits per heavy atom. The van der Waals surface area contributed by atoms with Crippen molar-refractivity contribution < 1.29 is 4.74 Å². The lowest BCUT2D eigenvalue weighted by Gasteiger charge is -2.22. The van der Waals surface area contributed by atoms with E-state index in [-0.39, 0.29) is 0 Å². The van der Waals surface area contributed by atoms with Crippen molar-refractivity contribution in [3.05, 3.63) is 29.8 Å². The molecular weight excluding hydrogens is 250 g/mol. The summed E-state index contributed by atoms with van der Waals surface area (Å²) in [5.41, 5.74) is 2.68. The quantitative estimate of drug-likeness (QED) is 0.509. The molecule has 0 unspecified atom stereocenters. The van der Waals surface area contributed by atoms with Crippen LogP contribution in [0, 0.1) is 0 Å². The molecule has 1 N–H and O–H groups in total. The molecule has 0 spiro atoms. The third-order valence-electron chi connectivity index (χ3n) is 3.41. The van der Waals surface area contributed by atoms with Gasteiger partial charge in [0.2, 0.25) is 0 Å².